The largest absolute Gasteiger partial charge is 0.444 e. The summed E-state index contributed by atoms with van der Waals surface area (Å²) < 4.78 is 6.42. The Kier molecular flexibility index (Phi) is 3.38. The van der Waals surface area contributed by atoms with E-state index in [1.54, 1.807) is 18.3 Å². The number of hydrogen-bond donors (Lipinski definition) is 2. The number of nitrogens with one attached hydrogen (secondary N) is 2. The molecule has 2 heterocycles. The molecule has 3 aromatic rings. The van der Waals surface area contributed by atoms with Crippen LogP contribution in [0.1, 0.15) is 5.56 Å². The fraction of sp³-hybridized carbons (Fsp3) is 0.0714. The van der Waals surface area contributed by atoms with Gasteiger partial charge in [-0.1, -0.05) is 30.3 Å². The number of rotatable bonds is 3. The molecule has 2 aromatic heterocycles. The predicted octanol–water partition coefficient (Wildman–Crippen LogP) is 1.77. The Bertz CT molecular complexity index is 823. The van der Waals surface area contributed by atoms with Gasteiger partial charge in [-0.15, -0.1) is 5.10 Å². The van der Waals surface area contributed by atoms with Gasteiger partial charge in [0.05, 0.1) is 0 Å². The van der Waals surface area contributed by atoms with E-state index < -0.39 is 6.09 Å². The van der Waals surface area contributed by atoms with Crippen LogP contribution < -0.4 is 10.9 Å². The first-order valence-corrected chi connectivity index (χ1v) is 6.28. The van der Waals surface area contributed by atoms with Crippen LogP contribution in [0.3, 0.4) is 0 Å². The molecule has 0 aliphatic carbocycles. The van der Waals surface area contributed by atoms with Gasteiger partial charge in [-0.05, 0) is 17.7 Å². The molecule has 0 fully saturated rings. The van der Waals surface area contributed by atoms with E-state index in [1.807, 2.05) is 30.3 Å². The molecule has 0 bridgehead atoms. The molecule has 0 atom stereocenters. The number of benzene rings is 1. The number of carbonyl (C=O) groups excluding carboxylic acids is 1. The maximum atomic E-state index is 11.7. The lowest BCUT2D eigenvalue weighted by Crippen LogP contribution is -2.21. The normalized spacial score (nSPS) is 10.5. The van der Waals surface area contributed by atoms with Crippen molar-refractivity contribution >= 4 is 17.6 Å². The maximum Gasteiger partial charge on any atom is 0.414 e. The van der Waals surface area contributed by atoms with E-state index in [1.165, 1.54) is 4.52 Å². The number of aromatic amines is 1. The highest BCUT2D eigenvalue weighted by atomic mass is 16.5. The summed E-state index contributed by atoms with van der Waals surface area (Å²) in [5.74, 6) is 0.0294. The summed E-state index contributed by atoms with van der Waals surface area (Å²) in [4.78, 5) is 25.8. The second-order valence-corrected chi connectivity index (χ2v) is 4.33. The highest BCUT2D eigenvalue weighted by Crippen LogP contribution is 2.03. The van der Waals surface area contributed by atoms with Crippen LogP contribution in [0.15, 0.2) is 53.5 Å². The number of aromatic nitrogens is 3. The summed E-state index contributed by atoms with van der Waals surface area (Å²) in [6.45, 7) is 0.142. The number of carbonyl (C=O) groups is 1. The third kappa shape index (κ3) is 2.92. The minimum Gasteiger partial charge on any atom is -0.444 e. The van der Waals surface area contributed by atoms with Gasteiger partial charge in [0.15, 0.2) is 0 Å². The van der Waals surface area contributed by atoms with Crippen molar-refractivity contribution in [3.63, 3.8) is 0 Å². The van der Waals surface area contributed by atoms with Gasteiger partial charge in [0.2, 0.25) is 5.95 Å². The first-order chi connectivity index (χ1) is 10.2. The van der Waals surface area contributed by atoms with Gasteiger partial charge >= 0.3 is 6.09 Å². The van der Waals surface area contributed by atoms with E-state index in [0.29, 0.717) is 5.52 Å². The first kappa shape index (κ1) is 12.9. The minimum atomic E-state index is -0.687. The van der Waals surface area contributed by atoms with Crippen LogP contribution in [0.2, 0.25) is 0 Å². The van der Waals surface area contributed by atoms with Gasteiger partial charge in [0, 0.05) is 6.20 Å². The minimum absolute atomic E-state index is 0.0294. The van der Waals surface area contributed by atoms with Gasteiger partial charge in [-0.2, -0.15) is 0 Å². The summed E-state index contributed by atoms with van der Waals surface area (Å²) in [5.41, 5.74) is 0.932. The molecule has 0 spiro atoms. The number of ether oxygens (including phenoxy) is 1. The molecule has 3 rings (SSSR count). The topological polar surface area (TPSA) is 88.5 Å². The molecule has 0 saturated heterocycles. The highest BCUT2D eigenvalue weighted by molar-refractivity contribution is 5.82. The molecule has 0 unspecified atom stereocenters. The van der Waals surface area contributed by atoms with Crippen LogP contribution in [0.25, 0.3) is 5.52 Å². The molecule has 1 amide bonds. The lowest BCUT2D eigenvalue weighted by Gasteiger charge is -2.06. The SMILES string of the molecule is O=C(Nc1nn2cccc2c(=O)[nH]1)OCc1ccccc1. The van der Waals surface area contributed by atoms with Crippen molar-refractivity contribution < 1.29 is 9.53 Å². The second-order valence-electron chi connectivity index (χ2n) is 4.33. The summed E-state index contributed by atoms with van der Waals surface area (Å²) in [6, 6.07) is 12.6. The molecule has 0 saturated carbocycles. The number of anilines is 1. The standard InChI is InChI=1S/C14H12N4O3/c19-12-11-7-4-8-18(11)17-13(15-12)16-14(20)21-9-10-5-2-1-3-6-10/h1-8H,9H2,(H2,15,16,17,19,20). The number of hydrogen-bond acceptors (Lipinski definition) is 4. The molecular weight excluding hydrogens is 272 g/mol. The number of amides is 1. The van der Waals surface area contributed by atoms with E-state index in [2.05, 4.69) is 15.4 Å². The van der Waals surface area contributed by atoms with Crippen LogP contribution in [-0.2, 0) is 11.3 Å². The van der Waals surface area contributed by atoms with Gasteiger partial charge in [0.25, 0.3) is 5.56 Å². The average molecular weight is 284 g/mol. The van der Waals surface area contributed by atoms with Gasteiger partial charge in [0.1, 0.15) is 12.1 Å². The second kappa shape index (κ2) is 5.49. The van der Waals surface area contributed by atoms with Gasteiger partial charge in [-0.3, -0.25) is 15.1 Å². The molecule has 0 aliphatic heterocycles. The molecular formula is C14H12N4O3. The lowest BCUT2D eigenvalue weighted by molar-refractivity contribution is 0.155. The fourth-order valence-corrected chi connectivity index (χ4v) is 1.86. The molecule has 7 nitrogen and oxygen atoms in total. The number of fused-ring (bicyclic) bond motifs is 1. The fourth-order valence-electron chi connectivity index (χ4n) is 1.86. The van der Waals surface area contributed by atoms with E-state index in [0.717, 1.165) is 5.56 Å². The van der Waals surface area contributed by atoms with Crippen molar-refractivity contribution in [3.05, 3.63) is 64.6 Å². The summed E-state index contributed by atoms with van der Waals surface area (Å²) >= 11 is 0. The van der Waals surface area contributed by atoms with Crippen LogP contribution >= 0.6 is 0 Å². The number of nitrogens with zero attached hydrogens (tertiary/aromatic N) is 2. The third-order valence-corrected chi connectivity index (χ3v) is 2.83. The van der Waals surface area contributed by atoms with Crippen molar-refractivity contribution in [2.24, 2.45) is 0 Å². The van der Waals surface area contributed by atoms with Crippen molar-refractivity contribution in [1.29, 1.82) is 0 Å². The van der Waals surface area contributed by atoms with E-state index >= 15 is 0 Å². The molecule has 0 radical (unpaired) electrons. The zero-order valence-corrected chi connectivity index (χ0v) is 10.9. The number of H-pyrrole nitrogens is 1. The third-order valence-electron chi connectivity index (χ3n) is 2.83. The van der Waals surface area contributed by atoms with E-state index in [-0.39, 0.29) is 18.1 Å². The molecule has 0 aliphatic rings. The predicted molar refractivity (Wildman–Crippen MR) is 76.1 cm³/mol. The Morgan fingerprint density at radius 2 is 2.05 bits per heavy atom. The van der Waals surface area contributed by atoms with Crippen LogP contribution in [0.5, 0.6) is 0 Å². The zero-order valence-electron chi connectivity index (χ0n) is 10.9. The van der Waals surface area contributed by atoms with Crippen molar-refractivity contribution in [2.45, 2.75) is 6.61 Å². The average Bonchev–Trinajstić information content (AvgIpc) is 2.95. The Labute approximate surface area is 119 Å². The quantitative estimate of drug-likeness (QED) is 0.767. The maximum absolute atomic E-state index is 11.7. The Morgan fingerprint density at radius 3 is 2.86 bits per heavy atom. The summed E-state index contributed by atoms with van der Waals surface area (Å²) in [5, 5.41) is 6.43. The van der Waals surface area contributed by atoms with E-state index in [4.69, 9.17) is 4.74 Å². The molecule has 1 aromatic carbocycles. The first-order valence-electron chi connectivity index (χ1n) is 6.28. The van der Waals surface area contributed by atoms with Crippen LogP contribution in [0, 0.1) is 0 Å². The molecule has 21 heavy (non-hydrogen) atoms. The monoisotopic (exact) mass is 284 g/mol. The van der Waals surface area contributed by atoms with Gasteiger partial charge in [-0.25, -0.2) is 9.31 Å². The highest BCUT2D eigenvalue weighted by Gasteiger charge is 2.08. The smallest absolute Gasteiger partial charge is 0.414 e. The van der Waals surface area contributed by atoms with Crippen LogP contribution in [-0.4, -0.2) is 20.7 Å². The zero-order chi connectivity index (χ0) is 14.7. The van der Waals surface area contributed by atoms with Gasteiger partial charge < -0.3 is 4.74 Å². The molecule has 106 valence electrons. The summed E-state index contributed by atoms with van der Waals surface area (Å²) in [7, 11) is 0. The van der Waals surface area contributed by atoms with Crippen molar-refractivity contribution in [2.75, 3.05) is 5.32 Å². The summed E-state index contributed by atoms with van der Waals surface area (Å²) in [6.07, 6.45) is 0.930. The van der Waals surface area contributed by atoms with Crippen molar-refractivity contribution in [3.8, 4) is 0 Å². The van der Waals surface area contributed by atoms with Crippen molar-refractivity contribution in [1.82, 2.24) is 14.6 Å². The Hall–Kier alpha value is -3.09. The Balaban J connectivity index is 1.67. The lowest BCUT2D eigenvalue weighted by atomic mass is 10.2. The van der Waals surface area contributed by atoms with Crippen LogP contribution in [0.4, 0.5) is 10.7 Å². The molecule has 7 heteroatoms. The Morgan fingerprint density at radius 1 is 1.24 bits per heavy atom. The van der Waals surface area contributed by atoms with E-state index in [9.17, 15) is 9.59 Å². The molecule has 2 N–H and O–H groups in total.